The lowest BCUT2D eigenvalue weighted by Gasteiger charge is -2.02. The van der Waals surface area contributed by atoms with Crippen LogP contribution in [0.25, 0.3) is 16.9 Å². The van der Waals surface area contributed by atoms with E-state index in [1.54, 1.807) is 12.1 Å². The first kappa shape index (κ1) is 16.8. The predicted octanol–water partition coefficient (Wildman–Crippen LogP) is -0.204. The van der Waals surface area contributed by atoms with E-state index >= 15 is 0 Å². The van der Waals surface area contributed by atoms with Gasteiger partial charge in [-0.15, -0.1) is 5.10 Å². The summed E-state index contributed by atoms with van der Waals surface area (Å²) in [6.45, 7) is 0. The van der Waals surface area contributed by atoms with Crippen molar-refractivity contribution < 1.29 is 19.4 Å². The maximum Gasteiger partial charge on any atom is 0.353 e. The Bertz CT molecular complexity index is 1110. The Morgan fingerprint density at radius 1 is 1.15 bits per heavy atom. The highest BCUT2D eigenvalue weighted by molar-refractivity contribution is 5.92. The Balaban J connectivity index is 2.04. The Morgan fingerprint density at radius 3 is 2.46 bits per heavy atom. The molecule has 0 saturated heterocycles. The molecular weight excluding hydrogens is 346 g/mol. The second-order valence-electron chi connectivity index (χ2n) is 5.05. The first-order valence-corrected chi connectivity index (χ1v) is 7.12. The van der Waals surface area contributed by atoms with Crippen molar-refractivity contribution >= 4 is 11.9 Å². The summed E-state index contributed by atoms with van der Waals surface area (Å²) in [7, 11) is 1.27. The maximum absolute atomic E-state index is 12.0. The van der Waals surface area contributed by atoms with Crippen LogP contribution in [0.4, 0.5) is 0 Å². The van der Waals surface area contributed by atoms with Crippen LogP contribution in [-0.4, -0.2) is 49.1 Å². The van der Waals surface area contributed by atoms with Crippen LogP contribution in [0.5, 0.6) is 0 Å². The molecule has 0 bridgehead atoms. The fourth-order valence-electron chi connectivity index (χ4n) is 2.26. The van der Waals surface area contributed by atoms with Crippen molar-refractivity contribution in [3.05, 3.63) is 62.6 Å². The van der Waals surface area contributed by atoms with Crippen molar-refractivity contribution in [3.63, 3.8) is 0 Å². The number of rotatable bonds is 4. The third-order valence-corrected chi connectivity index (χ3v) is 3.46. The predicted molar refractivity (Wildman–Crippen MR) is 86.3 cm³/mol. The SMILES string of the molecule is COC(=O)c1ccc(-n2cc(-c3c(C(=O)O)[nH]c(=O)[nH]c3=O)nn2)cc1. The molecule has 0 saturated carbocycles. The van der Waals surface area contributed by atoms with E-state index in [-0.39, 0.29) is 11.3 Å². The number of aromatic amines is 2. The lowest BCUT2D eigenvalue weighted by Crippen LogP contribution is -2.28. The molecule has 1 aromatic carbocycles. The molecule has 0 unspecified atom stereocenters. The molecule has 0 amide bonds. The van der Waals surface area contributed by atoms with Gasteiger partial charge in [-0.3, -0.25) is 9.78 Å². The van der Waals surface area contributed by atoms with E-state index in [0.29, 0.717) is 11.3 Å². The molecule has 11 heteroatoms. The van der Waals surface area contributed by atoms with Crippen molar-refractivity contribution in [2.75, 3.05) is 7.11 Å². The summed E-state index contributed by atoms with van der Waals surface area (Å²) in [6.07, 6.45) is 1.32. The van der Waals surface area contributed by atoms with Gasteiger partial charge in [-0.2, -0.15) is 0 Å². The third-order valence-electron chi connectivity index (χ3n) is 3.46. The van der Waals surface area contributed by atoms with Gasteiger partial charge in [0, 0.05) is 0 Å². The first-order valence-electron chi connectivity index (χ1n) is 7.12. The van der Waals surface area contributed by atoms with Crippen molar-refractivity contribution in [2.24, 2.45) is 0 Å². The number of H-pyrrole nitrogens is 2. The summed E-state index contributed by atoms with van der Waals surface area (Å²) >= 11 is 0. The van der Waals surface area contributed by atoms with E-state index in [2.05, 4.69) is 20.0 Å². The minimum absolute atomic E-state index is 0.0445. The zero-order chi connectivity index (χ0) is 18.8. The van der Waals surface area contributed by atoms with Gasteiger partial charge in [0.05, 0.1) is 24.6 Å². The highest BCUT2D eigenvalue weighted by atomic mass is 16.5. The Hall–Kier alpha value is -4.02. The molecule has 0 aliphatic carbocycles. The number of carboxylic acid groups (broad SMARTS) is 1. The van der Waals surface area contributed by atoms with Crippen LogP contribution in [-0.2, 0) is 4.74 Å². The fraction of sp³-hybridized carbons (Fsp3) is 0.0667. The zero-order valence-electron chi connectivity index (χ0n) is 13.2. The van der Waals surface area contributed by atoms with Gasteiger partial charge in [-0.1, -0.05) is 5.21 Å². The number of methoxy groups -OCH3 is 1. The molecule has 3 aromatic rings. The molecule has 3 N–H and O–H groups in total. The number of ether oxygens (including phenoxy) is 1. The van der Waals surface area contributed by atoms with Gasteiger partial charge in [-0.05, 0) is 24.3 Å². The molecule has 2 heterocycles. The van der Waals surface area contributed by atoms with Gasteiger partial charge in [0.25, 0.3) is 5.56 Å². The zero-order valence-corrected chi connectivity index (χ0v) is 13.2. The standard InChI is InChI=1S/C15H11N5O6/c1-26-14(24)7-2-4-8(5-3-7)20-6-9(18-19-20)10-11(13(22)23)16-15(25)17-12(10)21/h2-6H,1H3,(H,22,23)(H2,16,17,21,25). The first-order chi connectivity index (χ1) is 12.4. The highest BCUT2D eigenvalue weighted by Gasteiger charge is 2.20. The quantitative estimate of drug-likeness (QED) is 0.541. The topological polar surface area (TPSA) is 160 Å². The van der Waals surface area contributed by atoms with Gasteiger partial charge in [-0.25, -0.2) is 19.1 Å². The monoisotopic (exact) mass is 357 g/mol. The number of carbonyl (C=O) groups excluding carboxylic acids is 1. The maximum atomic E-state index is 12.0. The number of nitrogens with one attached hydrogen (secondary N) is 2. The number of carbonyl (C=O) groups is 2. The van der Waals surface area contributed by atoms with Crippen LogP contribution in [0.1, 0.15) is 20.8 Å². The number of esters is 1. The van der Waals surface area contributed by atoms with Crippen molar-refractivity contribution in [3.8, 4) is 16.9 Å². The van der Waals surface area contributed by atoms with Crippen molar-refractivity contribution in [2.45, 2.75) is 0 Å². The van der Waals surface area contributed by atoms with Gasteiger partial charge in [0.15, 0.2) is 0 Å². The number of aromatic nitrogens is 5. The second kappa shape index (κ2) is 6.47. The number of hydrogen-bond donors (Lipinski definition) is 3. The summed E-state index contributed by atoms with van der Waals surface area (Å²) < 4.78 is 5.89. The van der Waals surface area contributed by atoms with E-state index in [1.165, 1.54) is 30.1 Å². The number of benzene rings is 1. The molecule has 0 spiro atoms. The van der Waals surface area contributed by atoms with E-state index in [0.717, 1.165) is 0 Å². The van der Waals surface area contributed by atoms with E-state index < -0.39 is 28.9 Å². The van der Waals surface area contributed by atoms with Crippen LogP contribution in [0, 0.1) is 0 Å². The molecule has 3 rings (SSSR count). The van der Waals surface area contributed by atoms with Gasteiger partial charge < -0.3 is 14.8 Å². The highest BCUT2D eigenvalue weighted by Crippen LogP contribution is 2.17. The second-order valence-corrected chi connectivity index (χ2v) is 5.05. The molecule has 132 valence electrons. The summed E-state index contributed by atoms with van der Waals surface area (Å²) in [6, 6.07) is 6.16. The number of hydrogen-bond acceptors (Lipinski definition) is 7. The summed E-state index contributed by atoms with van der Waals surface area (Å²) in [5, 5.41) is 16.8. The fourth-order valence-corrected chi connectivity index (χ4v) is 2.26. The van der Waals surface area contributed by atoms with Gasteiger partial charge in [0.1, 0.15) is 17.0 Å². The minimum atomic E-state index is -1.49. The van der Waals surface area contributed by atoms with Crippen LogP contribution in [0.2, 0.25) is 0 Å². The van der Waals surface area contributed by atoms with Crippen molar-refractivity contribution in [1.29, 1.82) is 0 Å². The number of carboxylic acids is 1. The largest absolute Gasteiger partial charge is 0.477 e. The molecule has 0 atom stereocenters. The molecule has 2 aromatic heterocycles. The summed E-state index contributed by atoms with van der Waals surface area (Å²) in [5.41, 5.74) is -1.96. The molecule has 26 heavy (non-hydrogen) atoms. The van der Waals surface area contributed by atoms with Gasteiger partial charge >= 0.3 is 17.6 Å². The molecule has 0 fully saturated rings. The summed E-state index contributed by atoms with van der Waals surface area (Å²) in [4.78, 5) is 50.0. The van der Waals surface area contributed by atoms with Crippen LogP contribution < -0.4 is 11.2 Å². The number of aromatic carboxylic acids is 1. The molecule has 0 aliphatic rings. The minimum Gasteiger partial charge on any atom is -0.477 e. The van der Waals surface area contributed by atoms with E-state index in [1.807, 2.05) is 4.98 Å². The Kier molecular flexibility index (Phi) is 4.19. The Labute approximate surface area is 143 Å². The average molecular weight is 357 g/mol. The lowest BCUT2D eigenvalue weighted by molar-refractivity contribution is 0.0599. The molecule has 0 aliphatic heterocycles. The van der Waals surface area contributed by atoms with Crippen LogP contribution in [0.15, 0.2) is 40.1 Å². The molecule has 11 nitrogen and oxygen atoms in total. The van der Waals surface area contributed by atoms with Gasteiger partial charge in [0.2, 0.25) is 0 Å². The smallest absolute Gasteiger partial charge is 0.353 e. The van der Waals surface area contributed by atoms with Crippen LogP contribution in [0.3, 0.4) is 0 Å². The van der Waals surface area contributed by atoms with Crippen LogP contribution >= 0.6 is 0 Å². The van der Waals surface area contributed by atoms with E-state index in [9.17, 15) is 24.3 Å². The number of nitrogens with zero attached hydrogens (tertiary/aromatic N) is 3. The van der Waals surface area contributed by atoms with Crippen molar-refractivity contribution in [1.82, 2.24) is 25.0 Å². The lowest BCUT2D eigenvalue weighted by atomic mass is 10.1. The third kappa shape index (κ3) is 3.00. The Morgan fingerprint density at radius 2 is 1.85 bits per heavy atom. The summed E-state index contributed by atoms with van der Waals surface area (Å²) in [5.74, 6) is -1.98. The van der Waals surface area contributed by atoms with E-state index in [4.69, 9.17) is 0 Å². The molecular formula is C15H11N5O6. The normalized spacial score (nSPS) is 10.5. The average Bonchev–Trinajstić information content (AvgIpc) is 3.10. The molecule has 0 radical (unpaired) electrons.